The number of fused-ring (bicyclic) bond motifs is 2. The predicted molar refractivity (Wildman–Crippen MR) is 125 cm³/mol. The Hall–Kier alpha value is -2.15. The number of hydrogen-bond acceptors (Lipinski definition) is 5. The van der Waals surface area contributed by atoms with Crippen LogP contribution in [-0.2, 0) is 0 Å². The molecule has 2 N–H and O–H groups in total. The minimum atomic E-state index is -0.150. The second-order valence-corrected chi connectivity index (χ2v) is 9.36. The molecule has 1 amide bonds. The lowest BCUT2D eigenvalue weighted by atomic mass is 9.91. The number of ether oxygens (including phenoxy) is 1. The Labute approximate surface area is 194 Å². The molecule has 2 aliphatic rings. The van der Waals surface area contributed by atoms with Crippen molar-refractivity contribution in [3.63, 3.8) is 0 Å². The van der Waals surface area contributed by atoms with E-state index in [9.17, 15) is 4.79 Å². The minimum absolute atomic E-state index is 0.0128. The fraction of sp³-hybridized carbons (Fsp3) is 0.520. The van der Waals surface area contributed by atoms with Gasteiger partial charge in [0.05, 0.1) is 6.61 Å². The lowest BCUT2D eigenvalue weighted by Crippen LogP contribution is -2.51. The van der Waals surface area contributed by atoms with E-state index in [1.807, 2.05) is 6.07 Å². The van der Waals surface area contributed by atoms with E-state index in [1.54, 1.807) is 18.2 Å². The quantitative estimate of drug-likeness (QED) is 0.609. The molecule has 2 bridgehead atoms. The van der Waals surface area contributed by atoms with Gasteiger partial charge in [0.1, 0.15) is 23.2 Å². The first-order valence-corrected chi connectivity index (χ1v) is 11.8. The number of nitrogens with zero attached hydrogens (tertiary/aromatic N) is 2. The Bertz CT molecular complexity index is 969. The summed E-state index contributed by atoms with van der Waals surface area (Å²) in [6.07, 6.45) is 4.21. The van der Waals surface area contributed by atoms with Gasteiger partial charge in [-0.15, -0.1) is 0 Å². The van der Waals surface area contributed by atoms with Crippen LogP contribution in [0.15, 0.2) is 30.3 Å². The number of nitrogens with one attached hydrogen (secondary N) is 1. The lowest BCUT2D eigenvalue weighted by Gasteiger charge is -2.43. The van der Waals surface area contributed by atoms with Gasteiger partial charge >= 0.3 is 0 Å². The summed E-state index contributed by atoms with van der Waals surface area (Å²) in [6, 6.07) is 10.7. The molecule has 3 unspecified atom stereocenters. The first-order valence-electron chi connectivity index (χ1n) is 11.4. The summed E-state index contributed by atoms with van der Waals surface area (Å²) in [5.74, 6) is 0.690. The zero-order valence-electron chi connectivity index (χ0n) is 19.0. The fourth-order valence-corrected chi connectivity index (χ4v) is 5.66. The molecular formula is C25H32ClN3O3. The van der Waals surface area contributed by atoms with Crippen LogP contribution in [-0.4, -0.2) is 52.2 Å². The highest BCUT2D eigenvalue weighted by atomic mass is 35.5. The van der Waals surface area contributed by atoms with Gasteiger partial charge in [0.2, 0.25) is 0 Å². The van der Waals surface area contributed by atoms with Crippen LogP contribution < -0.4 is 10.1 Å². The Kier molecular flexibility index (Phi) is 7.03. The number of piperidine rings is 1. The summed E-state index contributed by atoms with van der Waals surface area (Å²) in [6.45, 7) is 6.84. The van der Waals surface area contributed by atoms with Crippen LogP contribution in [0.5, 0.6) is 5.75 Å². The Morgan fingerprint density at radius 1 is 1.22 bits per heavy atom. The van der Waals surface area contributed by atoms with Crippen molar-refractivity contribution in [3.05, 3.63) is 57.9 Å². The molecule has 0 spiro atoms. The third-order valence-corrected chi connectivity index (χ3v) is 7.31. The Balaban J connectivity index is 1.45. The molecule has 2 saturated heterocycles. The maximum Gasteiger partial charge on any atom is 0.270 e. The number of pyridine rings is 1. The van der Waals surface area contributed by atoms with Gasteiger partial charge in [-0.05, 0) is 81.3 Å². The van der Waals surface area contributed by atoms with E-state index >= 15 is 0 Å². The van der Waals surface area contributed by atoms with Gasteiger partial charge in [0.25, 0.3) is 5.91 Å². The maximum atomic E-state index is 12.7. The number of aromatic nitrogens is 1. The van der Waals surface area contributed by atoms with Crippen LogP contribution in [0, 0.1) is 13.8 Å². The highest BCUT2D eigenvalue weighted by Gasteiger charge is 2.43. The second-order valence-electron chi connectivity index (χ2n) is 8.97. The molecule has 1 aromatic carbocycles. The maximum absolute atomic E-state index is 12.7. The number of carbonyl (C=O) groups excluding carboxylic acids is 1. The van der Waals surface area contributed by atoms with Crippen molar-refractivity contribution < 1.29 is 14.6 Å². The smallest absolute Gasteiger partial charge is 0.270 e. The minimum Gasteiger partial charge on any atom is -0.491 e. The van der Waals surface area contributed by atoms with Gasteiger partial charge in [0, 0.05) is 24.2 Å². The first kappa shape index (κ1) is 23.0. The molecular weight excluding hydrogens is 426 g/mol. The number of benzene rings is 1. The van der Waals surface area contributed by atoms with E-state index in [0.717, 1.165) is 37.0 Å². The number of halogens is 1. The van der Waals surface area contributed by atoms with E-state index in [-0.39, 0.29) is 18.6 Å². The van der Waals surface area contributed by atoms with Gasteiger partial charge in [-0.25, -0.2) is 4.98 Å². The van der Waals surface area contributed by atoms with Crippen LogP contribution in [0.2, 0.25) is 5.15 Å². The lowest BCUT2D eigenvalue weighted by molar-refractivity contribution is 0.0687. The van der Waals surface area contributed by atoms with Crippen molar-refractivity contribution in [1.29, 1.82) is 0 Å². The summed E-state index contributed by atoms with van der Waals surface area (Å²) in [7, 11) is 0. The number of amides is 1. The molecule has 0 aliphatic carbocycles. The van der Waals surface area contributed by atoms with Crippen LogP contribution >= 0.6 is 11.6 Å². The molecule has 2 aromatic rings. The molecule has 3 heterocycles. The topological polar surface area (TPSA) is 74.7 Å². The molecule has 7 heteroatoms. The predicted octanol–water partition coefficient (Wildman–Crippen LogP) is 4.21. The Morgan fingerprint density at radius 2 is 1.94 bits per heavy atom. The average Bonchev–Trinajstić information content (AvgIpc) is 3.04. The molecule has 2 aliphatic heterocycles. The average molecular weight is 458 g/mol. The van der Waals surface area contributed by atoms with Crippen molar-refractivity contribution in [2.24, 2.45) is 0 Å². The van der Waals surface area contributed by atoms with E-state index in [0.29, 0.717) is 35.6 Å². The number of aliphatic hydroxyl groups is 1. The number of carbonyl (C=O) groups is 1. The summed E-state index contributed by atoms with van der Waals surface area (Å²) in [5.41, 5.74) is 4.07. The summed E-state index contributed by atoms with van der Waals surface area (Å²) in [4.78, 5) is 19.4. The van der Waals surface area contributed by atoms with Crippen molar-refractivity contribution in [2.75, 3.05) is 13.2 Å². The van der Waals surface area contributed by atoms with Crippen LogP contribution in [0.25, 0.3) is 0 Å². The van der Waals surface area contributed by atoms with Crippen LogP contribution in [0.3, 0.4) is 0 Å². The third-order valence-electron chi connectivity index (χ3n) is 7.10. The fourth-order valence-electron chi connectivity index (χ4n) is 5.50. The molecule has 6 nitrogen and oxygen atoms in total. The molecule has 1 aromatic heterocycles. The van der Waals surface area contributed by atoms with Gasteiger partial charge in [-0.1, -0.05) is 23.7 Å². The highest BCUT2D eigenvalue weighted by Crippen LogP contribution is 2.43. The summed E-state index contributed by atoms with van der Waals surface area (Å²) >= 11 is 5.94. The molecule has 0 radical (unpaired) electrons. The van der Waals surface area contributed by atoms with Crippen LogP contribution in [0.1, 0.15) is 65.8 Å². The highest BCUT2D eigenvalue weighted by molar-refractivity contribution is 6.29. The summed E-state index contributed by atoms with van der Waals surface area (Å²) in [5, 5.41) is 12.6. The standard InChI is InChI=1S/C25H32ClN3O3/c1-15-16(2)23(32-12-11-30)10-9-21(15)17(3)29-19-7-8-20(29)14-18(13-19)27-25(31)22-5-4-6-24(26)28-22/h4-6,9-10,17-20,30H,7-8,11-14H2,1-3H3,(H,27,31). The van der Waals surface area contributed by atoms with Gasteiger partial charge in [-0.3, -0.25) is 9.69 Å². The molecule has 2 fully saturated rings. The molecule has 0 saturated carbocycles. The Morgan fingerprint density at radius 3 is 2.59 bits per heavy atom. The molecule has 172 valence electrons. The largest absolute Gasteiger partial charge is 0.491 e. The van der Waals surface area contributed by atoms with Gasteiger partial charge < -0.3 is 15.2 Å². The zero-order chi connectivity index (χ0) is 22.8. The number of hydrogen-bond donors (Lipinski definition) is 2. The van der Waals surface area contributed by atoms with Gasteiger partial charge in [-0.2, -0.15) is 0 Å². The van der Waals surface area contributed by atoms with E-state index < -0.39 is 0 Å². The van der Waals surface area contributed by atoms with Crippen molar-refractivity contribution in [2.45, 2.75) is 70.6 Å². The first-order chi connectivity index (χ1) is 15.4. The third kappa shape index (κ3) is 4.63. The van der Waals surface area contributed by atoms with Crippen LogP contribution in [0.4, 0.5) is 0 Å². The number of rotatable bonds is 7. The normalized spacial score (nSPS) is 23.7. The monoisotopic (exact) mass is 457 g/mol. The zero-order valence-corrected chi connectivity index (χ0v) is 19.7. The second kappa shape index (κ2) is 9.77. The van der Waals surface area contributed by atoms with Crippen molar-refractivity contribution in [1.82, 2.24) is 15.2 Å². The molecule has 4 rings (SSSR count). The van der Waals surface area contributed by atoms with Gasteiger partial charge in [0.15, 0.2) is 0 Å². The summed E-state index contributed by atoms with van der Waals surface area (Å²) < 4.78 is 5.68. The van der Waals surface area contributed by atoms with E-state index in [2.05, 4.69) is 42.0 Å². The SMILES string of the molecule is Cc1c(OCCO)ccc(C(C)N2C3CCC2CC(NC(=O)c2cccc(Cl)n2)C3)c1C. The van der Waals surface area contributed by atoms with Crippen molar-refractivity contribution in [3.8, 4) is 5.75 Å². The number of aliphatic hydroxyl groups excluding tert-OH is 1. The molecule has 3 atom stereocenters. The van der Waals surface area contributed by atoms with E-state index in [1.165, 1.54) is 11.1 Å². The molecule has 32 heavy (non-hydrogen) atoms. The van der Waals surface area contributed by atoms with Crippen molar-refractivity contribution >= 4 is 17.5 Å². The van der Waals surface area contributed by atoms with E-state index in [4.69, 9.17) is 21.4 Å².